The lowest BCUT2D eigenvalue weighted by Crippen LogP contribution is -2.32. The molecular formula is C28H30N2. The quantitative estimate of drug-likeness (QED) is 0.504. The number of fused-ring (bicyclic) bond motifs is 6. The molecule has 2 aliphatic rings. The monoisotopic (exact) mass is 394 g/mol. The van der Waals surface area contributed by atoms with E-state index in [4.69, 9.17) is 0 Å². The molecule has 2 heteroatoms. The third kappa shape index (κ3) is 3.02. The highest BCUT2D eigenvalue weighted by Crippen LogP contribution is 2.50. The fraction of sp³-hybridized carbons (Fsp3) is 0.286. The van der Waals surface area contributed by atoms with Crippen molar-refractivity contribution in [3.8, 4) is 11.1 Å². The Kier molecular flexibility index (Phi) is 4.28. The Bertz CT molecular complexity index is 1140. The number of nitrogens with zero attached hydrogens (tertiary/aromatic N) is 1. The molecule has 0 radical (unpaired) electrons. The minimum Gasteiger partial charge on any atom is -0.365 e. The van der Waals surface area contributed by atoms with Gasteiger partial charge in [-0.2, -0.15) is 0 Å². The van der Waals surface area contributed by atoms with Crippen molar-refractivity contribution in [2.75, 3.05) is 4.90 Å². The van der Waals surface area contributed by atoms with Crippen LogP contribution in [0, 0.1) is 19.3 Å². The standard InChI is InChI=1S/C28H30N2/c1-18-9-8-10-19(2)26(18)25-17-29-27-22-12-7-6-11-21(22)23-15-20(16-28(3,4)5)13-14-24(23)30(25)27/h6-15,17,27,29H,16H2,1-5H3. The summed E-state index contributed by atoms with van der Waals surface area (Å²) in [7, 11) is 0. The molecule has 0 aromatic heterocycles. The zero-order valence-corrected chi connectivity index (χ0v) is 18.6. The van der Waals surface area contributed by atoms with E-state index in [0.717, 1.165) is 6.42 Å². The zero-order valence-electron chi connectivity index (χ0n) is 18.6. The average molecular weight is 395 g/mol. The second kappa shape index (κ2) is 6.77. The van der Waals surface area contributed by atoms with E-state index in [2.05, 4.69) is 112 Å². The first-order valence-electron chi connectivity index (χ1n) is 10.9. The molecule has 0 aliphatic carbocycles. The van der Waals surface area contributed by atoms with Crippen molar-refractivity contribution in [3.05, 3.63) is 94.7 Å². The van der Waals surface area contributed by atoms with Gasteiger partial charge in [-0.3, -0.25) is 0 Å². The maximum absolute atomic E-state index is 3.68. The third-order valence-corrected chi connectivity index (χ3v) is 6.23. The molecule has 0 saturated heterocycles. The summed E-state index contributed by atoms with van der Waals surface area (Å²) in [5.41, 5.74) is 12.2. The van der Waals surface area contributed by atoms with Gasteiger partial charge >= 0.3 is 0 Å². The first-order valence-corrected chi connectivity index (χ1v) is 10.9. The number of anilines is 1. The Morgan fingerprint density at radius 2 is 1.60 bits per heavy atom. The van der Waals surface area contributed by atoms with E-state index in [1.54, 1.807) is 0 Å². The lowest BCUT2D eigenvalue weighted by atomic mass is 9.84. The van der Waals surface area contributed by atoms with Crippen molar-refractivity contribution in [2.24, 2.45) is 5.41 Å². The maximum Gasteiger partial charge on any atom is 0.130 e. The van der Waals surface area contributed by atoms with E-state index in [0.29, 0.717) is 0 Å². The first-order chi connectivity index (χ1) is 14.3. The Labute approximate surface area is 180 Å². The molecule has 0 saturated carbocycles. The molecule has 1 unspecified atom stereocenters. The number of benzene rings is 3. The second-order valence-corrected chi connectivity index (χ2v) is 9.91. The van der Waals surface area contributed by atoms with Gasteiger partial charge in [0.25, 0.3) is 0 Å². The number of nitrogens with one attached hydrogen (secondary N) is 1. The van der Waals surface area contributed by atoms with Crippen LogP contribution in [0.2, 0.25) is 0 Å². The van der Waals surface area contributed by atoms with Crippen LogP contribution in [0.1, 0.15) is 54.8 Å². The minimum absolute atomic E-state index is 0.135. The Balaban J connectivity index is 1.69. The third-order valence-electron chi connectivity index (χ3n) is 6.23. The van der Waals surface area contributed by atoms with Crippen molar-refractivity contribution in [1.29, 1.82) is 0 Å². The molecule has 0 spiro atoms. The zero-order chi connectivity index (χ0) is 21.0. The lowest BCUT2D eigenvalue weighted by molar-refractivity contribution is 0.411. The van der Waals surface area contributed by atoms with Gasteiger partial charge in [-0.15, -0.1) is 0 Å². The molecule has 3 aromatic rings. The van der Waals surface area contributed by atoms with Crippen molar-refractivity contribution in [3.63, 3.8) is 0 Å². The summed E-state index contributed by atoms with van der Waals surface area (Å²) in [6.07, 6.45) is 3.41. The number of aryl methyl sites for hydroxylation is 2. The van der Waals surface area contributed by atoms with E-state index in [1.807, 2.05) is 0 Å². The molecule has 152 valence electrons. The Morgan fingerprint density at radius 1 is 0.867 bits per heavy atom. The molecule has 3 aromatic carbocycles. The molecule has 0 bridgehead atoms. The summed E-state index contributed by atoms with van der Waals surface area (Å²) in [5, 5.41) is 3.68. The van der Waals surface area contributed by atoms with Gasteiger partial charge in [-0.1, -0.05) is 69.3 Å². The number of hydrogen-bond acceptors (Lipinski definition) is 2. The second-order valence-electron chi connectivity index (χ2n) is 9.91. The van der Waals surface area contributed by atoms with Gasteiger partial charge in [-0.05, 0) is 60.1 Å². The van der Waals surface area contributed by atoms with Gasteiger partial charge in [-0.25, -0.2) is 0 Å². The molecule has 2 nitrogen and oxygen atoms in total. The van der Waals surface area contributed by atoms with E-state index in [1.165, 1.54) is 50.3 Å². The van der Waals surface area contributed by atoms with Crippen LogP contribution >= 0.6 is 0 Å². The normalized spacial score (nSPS) is 17.0. The molecular weight excluding hydrogens is 364 g/mol. The van der Waals surface area contributed by atoms with Crippen molar-refractivity contribution in [1.82, 2.24) is 5.32 Å². The van der Waals surface area contributed by atoms with Crippen LogP contribution in [0.3, 0.4) is 0 Å². The first kappa shape index (κ1) is 19.0. The summed E-state index contributed by atoms with van der Waals surface area (Å²) >= 11 is 0. The molecule has 0 fully saturated rings. The highest BCUT2D eigenvalue weighted by molar-refractivity contribution is 5.95. The maximum atomic E-state index is 3.68. The highest BCUT2D eigenvalue weighted by atomic mass is 15.3. The van der Waals surface area contributed by atoms with Gasteiger partial charge in [0.05, 0.1) is 11.4 Å². The van der Waals surface area contributed by atoms with Gasteiger partial charge in [0, 0.05) is 22.9 Å². The molecule has 1 N–H and O–H groups in total. The summed E-state index contributed by atoms with van der Waals surface area (Å²) < 4.78 is 0. The largest absolute Gasteiger partial charge is 0.365 e. The predicted octanol–water partition coefficient (Wildman–Crippen LogP) is 6.98. The van der Waals surface area contributed by atoms with Crippen molar-refractivity contribution >= 4 is 11.4 Å². The minimum atomic E-state index is 0.135. The van der Waals surface area contributed by atoms with Gasteiger partial charge in [0.15, 0.2) is 0 Å². The predicted molar refractivity (Wildman–Crippen MR) is 127 cm³/mol. The fourth-order valence-corrected chi connectivity index (χ4v) is 5.06. The van der Waals surface area contributed by atoms with E-state index < -0.39 is 0 Å². The Morgan fingerprint density at radius 3 is 2.33 bits per heavy atom. The van der Waals surface area contributed by atoms with Crippen LogP contribution in [-0.2, 0) is 6.42 Å². The smallest absolute Gasteiger partial charge is 0.130 e. The van der Waals surface area contributed by atoms with Crippen LogP contribution in [0.4, 0.5) is 5.69 Å². The molecule has 0 amide bonds. The summed E-state index contributed by atoms with van der Waals surface area (Å²) in [4.78, 5) is 2.49. The summed E-state index contributed by atoms with van der Waals surface area (Å²) in [6.45, 7) is 11.3. The fourth-order valence-electron chi connectivity index (χ4n) is 5.06. The van der Waals surface area contributed by atoms with Crippen LogP contribution in [0.25, 0.3) is 16.8 Å². The van der Waals surface area contributed by atoms with E-state index >= 15 is 0 Å². The molecule has 5 rings (SSSR count). The van der Waals surface area contributed by atoms with Crippen LogP contribution in [-0.4, -0.2) is 0 Å². The average Bonchev–Trinajstić information content (AvgIpc) is 3.12. The lowest BCUT2D eigenvalue weighted by Gasteiger charge is -2.38. The van der Waals surface area contributed by atoms with Gasteiger partial charge in [0.2, 0.25) is 0 Å². The van der Waals surface area contributed by atoms with Crippen LogP contribution in [0.15, 0.2) is 66.9 Å². The van der Waals surface area contributed by atoms with Gasteiger partial charge in [0.1, 0.15) is 6.17 Å². The van der Waals surface area contributed by atoms with Crippen molar-refractivity contribution < 1.29 is 0 Å². The van der Waals surface area contributed by atoms with Crippen LogP contribution in [0.5, 0.6) is 0 Å². The van der Waals surface area contributed by atoms with Gasteiger partial charge < -0.3 is 10.2 Å². The number of hydrogen-bond donors (Lipinski definition) is 1. The van der Waals surface area contributed by atoms with Crippen LogP contribution < -0.4 is 10.2 Å². The van der Waals surface area contributed by atoms with E-state index in [-0.39, 0.29) is 11.6 Å². The summed E-state index contributed by atoms with van der Waals surface area (Å²) in [5.74, 6) is 0. The number of rotatable bonds is 2. The summed E-state index contributed by atoms with van der Waals surface area (Å²) in [6, 6.07) is 22.5. The molecule has 2 heterocycles. The highest BCUT2D eigenvalue weighted by Gasteiger charge is 2.37. The van der Waals surface area contributed by atoms with Crippen molar-refractivity contribution in [2.45, 2.75) is 47.2 Å². The molecule has 1 atom stereocenters. The van der Waals surface area contributed by atoms with E-state index in [9.17, 15) is 0 Å². The SMILES string of the molecule is Cc1cccc(C)c1C1=CNC2c3ccccc3-c3cc(CC(C)(C)C)ccc3N12. The topological polar surface area (TPSA) is 15.3 Å². The molecule has 2 aliphatic heterocycles. The molecule has 30 heavy (non-hydrogen) atoms. The Hall–Kier alpha value is -3.00.